The fourth-order valence-corrected chi connectivity index (χ4v) is 2.05. The average molecular weight is 268 g/mol. The smallest absolute Gasteiger partial charge is 0.242 e. The summed E-state index contributed by atoms with van der Waals surface area (Å²) in [5, 5.41) is 0. The van der Waals surface area contributed by atoms with Gasteiger partial charge in [-0.1, -0.05) is 6.92 Å². The van der Waals surface area contributed by atoms with Crippen molar-refractivity contribution in [1.82, 2.24) is 19.5 Å². The van der Waals surface area contributed by atoms with Crippen LogP contribution in [0.15, 0.2) is 36.9 Å². The van der Waals surface area contributed by atoms with Gasteiger partial charge in [-0.25, -0.2) is 9.97 Å². The van der Waals surface area contributed by atoms with Crippen molar-refractivity contribution < 1.29 is 4.74 Å². The maximum absolute atomic E-state index is 5.72. The second-order valence-corrected chi connectivity index (χ2v) is 4.65. The third kappa shape index (κ3) is 2.34. The second-order valence-electron chi connectivity index (χ2n) is 4.65. The summed E-state index contributed by atoms with van der Waals surface area (Å²) in [6.07, 6.45) is 8.28. The molecule has 0 N–H and O–H groups in total. The van der Waals surface area contributed by atoms with E-state index in [2.05, 4.69) is 21.9 Å². The molecule has 0 fully saturated rings. The Morgan fingerprint density at radius 3 is 2.85 bits per heavy atom. The zero-order chi connectivity index (χ0) is 13.9. The average Bonchev–Trinajstić information content (AvgIpc) is 2.91. The molecule has 0 spiro atoms. The Morgan fingerprint density at radius 1 is 1.25 bits per heavy atom. The maximum Gasteiger partial charge on any atom is 0.242 e. The van der Waals surface area contributed by atoms with Crippen LogP contribution in [0, 0.1) is 0 Å². The van der Waals surface area contributed by atoms with Gasteiger partial charge in [-0.2, -0.15) is 0 Å². The minimum absolute atomic E-state index is 0.552. The summed E-state index contributed by atoms with van der Waals surface area (Å²) in [7, 11) is 1.98. The van der Waals surface area contributed by atoms with E-state index in [9.17, 15) is 0 Å². The van der Waals surface area contributed by atoms with Gasteiger partial charge in [0, 0.05) is 37.4 Å². The number of aromatic nitrogens is 4. The first-order chi connectivity index (χ1) is 9.78. The van der Waals surface area contributed by atoms with Crippen LogP contribution in [0.2, 0.25) is 0 Å². The lowest BCUT2D eigenvalue weighted by molar-refractivity contribution is 0.309. The number of pyridine rings is 1. The van der Waals surface area contributed by atoms with Crippen LogP contribution < -0.4 is 4.74 Å². The third-order valence-corrected chi connectivity index (χ3v) is 3.00. The Hall–Kier alpha value is -2.43. The lowest BCUT2D eigenvalue weighted by atomic mass is 10.2. The third-order valence-electron chi connectivity index (χ3n) is 3.00. The van der Waals surface area contributed by atoms with Crippen LogP contribution in [0.1, 0.15) is 13.3 Å². The van der Waals surface area contributed by atoms with Crippen molar-refractivity contribution in [2.24, 2.45) is 7.05 Å². The van der Waals surface area contributed by atoms with Gasteiger partial charge in [-0.05, 0) is 18.6 Å². The molecule has 3 aromatic rings. The Bertz CT molecular complexity index is 736. The largest absolute Gasteiger partial charge is 0.476 e. The van der Waals surface area contributed by atoms with Crippen molar-refractivity contribution in [2.75, 3.05) is 6.61 Å². The quantitative estimate of drug-likeness (QED) is 0.730. The maximum atomic E-state index is 5.72. The minimum Gasteiger partial charge on any atom is -0.476 e. The van der Waals surface area contributed by atoms with Crippen LogP contribution >= 0.6 is 0 Å². The Balaban J connectivity index is 2.14. The number of hydrogen-bond acceptors (Lipinski definition) is 4. The first-order valence-corrected chi connectivity index (χ1v) is 6.65. The summed E-state index contributed by atoms with van der Waals surface area (Å²) in [4.78, 5) is 13.3. The molecule has 20 heavy (non-hydrogen) atoms. The van der Waals surface area contributed by atoms with Crippen molar-refractivity contribution in [1.29, 1.82) is 0 Å². The fraction of sp³-hybridized carbons (Fsp3) is 0.267. The highest BCUT2D eigenvalue weighted by molar-refractivity contribution is 5.83. The van der Waals surface area contributed by atoms with E-state index in [1.54, 1.807) is 12.4 Å². The standard InChI is InChI=1S/C15H16N4O/c1-3-8-20-15-14-13(16-5-6-17-14)9-12(18-15)11-4-7-19(2)10-11/h4-7,9-10H,3,8H2,1-2H3. The fourth-order valence-electron chi connectivity index (χ4n) is 2.05. The normalized spacial score (nSPS) is 10.9. The molecule has 0 aliphatic heterocycles. The topological polar surface area (TPSA) is 52.8 Å². The summed E-state index contributed by atoms with van der Waals surface area (Å²) in [6, 6.07) is 3.96. The zero-order valence-electron chi connectivity index (χ0n) is 11.6. The summed E-state index contributed by atoms with van der Waals surface area (Å²) in [5.41, 5.74) is 3.40. The van der Waals surface area contributed by atoms with Gasteiger partial charge >= 0.3 is 0 Å². The van der Waals surface area contributed by atoms with Gasteiger partial charge in [0.1, 0.15) is 0 Å². The number of nitrogens with zero attached hydrogens (tertiary/aromatic N) is 4. The van der Waals surface area contributed by atoms with E-state index in [-0.39, 0.29) is 0 Å². The van der Waals surface area contributed by atoms with E-state index in [1.807, 2.05) is 36.1 Å². The summed E-state index contributed by atoms with van der Waals surface area (Å²) in [5.74, 6) is 0.552. The molecule has 3 heterocycles. The number of ether oxygens (including phenoxy) is 1. The SMILES string of the molecule is CCCOc1nc(-c2ccn(C)c2)cc2nccnc12. The molecular formula is C15H16N4O. The van der Waals surface area contributed by atoms with Gasteiger partial charge in [0.25, 0.3) is 0 Å². The predicted molar refractivity (Wildman–Crippen MR) is 77.5 cm³/mol. The molecule has 0 saturated heterocycles. The number of fused-ring (bicyclic) bond motifs is 1. The molecule has 0 saturated carbocycles. The van der Waals surface area contributed by atoms with Crippen LogP contribution in [0.5, 0.6) is 5.88 Å². The van der Waals surface area contributed by atoms with Crippen molar-refractivity contribution in [2.45, 2.75) is 13.3 Å². The Kier molecular flexibility index (Phi) is 3.33. The highest BCUT2D eigenvalue weighted by Crippen LogP contribution is 2.26. The molecule has 0 amide bonds. The molecule has 3 rings (SSSR count). The lowest BCUT2D eigenvalue weighted by Gasteiger charge is -2.08. The lowest BCUT2D eigenvalue weighted by Crippen LogP contribution is -2.00. The van der Waals surface area contributed by atoms with E-state index in [0.29, 0.717) is 18.0 Å². The van der Waals surface area contributed by atoms with Crippen molar-refractivity contribution in [3.63, 3.8) is 0 Å². The molecule has 102 valence electrons. The number of rotatable bonds is 4. The van der Waals surface area contributed by atoms with Crippen molar-refractivity contribution >= 4 is 11.0 Å². The monoisotopic (exact) mass is 268 g/mol. The number of aryl methyl sites for hydroxylation is 1. The summed E-state index contributed by atoms with van der Waals surface area (Å²) >= 11 is 0. The molecule has 3 aromatic heterocycles. The van der Waals surface area contributed by atoms with Crippen LogP contribution in [0.4, 0.5) is 0 Å². The van der Waals surface area contributed by atoms with E-state index in [1.165, 1.54) is 0 Å². The molecule has 0 radical (unpaired) electrons. The van der Waals surface area contributed by atoms with Gasteiger partial charge < -0.3 is 9.30 Å². The molecule has 5 nitrogen and oxygen atoms in total. The van der Waals surface area contributed by atoms with Crippen molar-refractivity contribution in [3.8, 4) is 17.1 Å². The molecule has 0 bridgehead atoms. The Morgan fingerprint density at radius 2 is 2.10 bits per heavy atom. The molecule has 0 unspecified atom stereocenters. The van der Waals surface area contributed by atoms with E-state index in [0.717, 1.165) is 23.2 Å². The number of hydrogen-bond donors (Lipinski definition) is 0. The van der Waals surface area contributed by atoms with Gasteiger partial charge in [0.2, 0.25) is 5.88 Å². The van der Waals surface area contributed by atoms with E-state index < -0.39 is 0 Å². The second kappa shape index (κ2) is 5.28. The van der Waals surface area contributed by atoms with Crippen LogP contribution in [-0.4, -0.2) is 26.1 Å². The molecule has 0 atom stereocenters. The Labute approximate surface area is 117 Å². The van der Waals surface area contributed by atoms with Crippen LogP contribution in [-0.2, 0) is 7.05 Å². The molecular weight excluding hydrogens is 252 g/mol. The predicted octanol–water partition coefficient (Wildman–Crippen LogP) is 2.82. The molecule has 0 aliphatic carbocycles. The highest BCUT2D eigenvalue weighted by atomic mass is 16.5. The zero-order valence-corrected chi connectivity index (χ0v) is 11.6. The van der Waals surface area contributed by atoms with Crippen LogP contribution in [0.3, 0.4) is 0 Å². The summed E-state index contributed by atoms with van der Waals surface area (Å²) in [6.45, 7) is 2.69. The van der Waals surface area contributed by atoms with Crippen molar-refractivity contribution in [3.05, 3.63) is 36.9 Å². The van der Waals surface area contributed by atoms with Gasteiger partial charge in [0.05, 0.1) is 17.8 Å². The molecule has 0 aromatic carbocycles. The molecule has 0 aliphatic rings. The highest BCUT2D eigenvalue weighted by Gasteiger charge is 2.11. The first kappa shape index (κ1) is 12.6. The van der Waals surface area contributed by atoms with Crippen LogP contribution in [0.25, 0.3) is 22.3 Å². The molecule has 5 heteroatoms. The van der Waals surface area contributed by atoms with E-state index >= 15 is 0 Å². The minimum atomic E-state index is 0.552. The van der Waals surface area contributed by atoms with Gasteiger partial charge in [-0.15, -0.1) is 0 Å². The van der Waals surface area contributed by atoms with Gasteiger partial charge in [0.15, 0.2) is 5.52 Å². The first-order valence-electron chi connectivity index (χ1n) is 6.65. The van der Waals surface area contributed by atoms with Gasteiger partial charge in [-0.3, -0.25) is 4.98 Å². The van der Waals surface area contributed by atoms with E-state index in [4.69, 9.17) is 4.74 Å². The summed E-state index contributed by atoms with van der Waals surface area (Å²) < 4.78 is 7.71.